The third kappa shape index (κ3) is 4.24. The minimum absolute atomic E-state index is 0.0168. The Morgan fingerprint density at radius 2 is 2.00 bits per heavy atom. The largest absolute Gasteiger partial charge is 0.483 e. The second-order valence-electron chi connectivity index (χ2n) is 6.70. The molecule has 8 heteroatoms. The first-order chi connectivity index (χ1) is 12.9. The maximum atomic E-state index is 12.4. The van der Waals surface area contributed by atoms with Crippen molar-refractivity contribution in [3.63, 3.8) is 0 Å². The Morgan fingerprint density at radius 1 is 1.30 bits per heavy atom. The second kappa shape index (κ2) is 8.00. The van der Waals surface area contributed by atoms with E-state index in [2.05, 4.69) is 5.10 Å². The molecule has 0 bridgehead atoms. The summed E-state index contributed by atoms with van der Waals surface area (Å²) < 4.78 is 7.40. The molecular formula is C19H22ClN3O4. The zero-order chi connectivity index (χ0) is 19.6. The highest BCUT2D eigenvalue weighted by Crippen LogP contribution is 2.25. The molecule has 0 spiro atoms. The fourth-order valence-corrected chi connectivity index (χ4v) is 3.59. The molecule has 1 saturated heterocycles. The lowest BCUT2D eigenvalue weighted by Gasteiger charge is -2.32. The number of carboxylic acids is 1. The molecule has 1 amide bonds. The quantitative estimate of drug-likeness (QED) is 0.846. The van der Waals surface area contributed by atoms with E-state index in [1.54, 1.807) is 34.7 Å². The number of halogens is 1. The van der Waals surface area contributed by atoms with Crippen LogP contribution in [0.2, 0.25) is 5.02 Å². The van der Waals surface area contributed by atoms with Crippen LogP contribution in [0.25, 0.3) is 0 Å². The van der Waals surface area contributed by atoms with Gasteiger partial charge in [-0.25, -0.2) is 4.79 Å². The number of aromatic nitrogens is 2. The smallest absolute Gasteiger partial charge is 0.339 e. The summed E-state index contributed by atoms with van der Waals surface area (Å²) in [6.45, 7) is 4.81. The highest BCUT2D eigenvalue weighted by atomic mass is 35.5. The molecule has 0 aliphatic carbocycles. The van der Waals surface area contributed by atoms with Crippen molar-refractivity contribution >= 4 is 23.5 Å². The van der Waals surface area contributed by atoms with Gasteiger partial charge in [-0.15, -0.1) is 0 Å². The van der Waals surface area contributed by atoms with Crippen LogP contribution in [0.4, 0.5) is 0 Å². The Balaban J connectivity index is 1.54. The summed E-state index contributed by atoms with van der Waals surface area (Å²) in [5.74, 6) is -0.386. The highest BCUT2D eigenvalue weighted by molar-refractivity contribution is 6.30. The molecule has 1 aromatic heterocycles. The zero-order valence-corrected chi connectivity index (χ0v) is 16.1. The number of rotatable bonds is 5. The van der Waals surface area contributed by atoms with Crippen molar-refractivity contribution in [3.8, 4) is 5.75 Å². The number of amides is 1. The maximum absolute atomic E-state index is 12.4. The van der Waals surface area contributed by atoms with E-state index in [4.69, 9.17) is 21.4 Å². The van der Waals surface area contributed by atoms with E-state index in [0.29, 0.717) is 29.6 Å². The number of likely N-dealkylation sites (tertiary alicyclic amines) is 1. The van der Waals surface area contributed by atoms with Crippen LogP contribution in [0, 0.1) is 13.8 Å². The summed E-state index contributed by atoms with van der Waals surface area (Å²) in [7, 11) is 0. The van der Waals surface area contributed by atoms with Gasteiger partial charge in [0.2, 0.25) is 0 Å². The average Bonchev–Trinajstić information content (AvgIpc) is 3.02. The first kappa shape index (κ1) is 19.2. The monoisotopic (exact) mass is 391 g/mol. The molecule has 1 aliphatic rings. The predicted octanol–water partition coefficient (Wildman–Crippen LogP) is 3.09. The van der Waals surface area contributed by atoms with Crippen molar-refractivity contribution in [1.29, 1.82) is 0 Å². The summed E-state index contributed by atoms with van der Waals surface area (Å²) in [5.41, 5.74) is 1.76. The molecule has 0 atom stereocenters. The van der Waals surface area contributed by atoms with Crippen LogP contribution in [-0.2, 0) is 4.79 Å². The number of carbonyl (C=O) groups is 2. The minimum Gasteiger partial charge on any atom is -0.483 e. The summed E-state index contributed by atoms with van der Waals surface area (Å²) in [6.07, 6.45) is 2.85. The van der Waals surface area contributed by atoms with Gasteiger partial charge in [-0.1, -0.05) is 11.6 Å². The zero-order valence-electron chi connectivity index (χ0n) is 15.3. The average molecular weight is 392 g/mol. The molecule has 0 radical (unpaired) electrons. The van der Waals surface area contributed by atoms with Crippen LogP contribution >= 0.6 is 11.6 Å². The number of aryl methyl sites for hydroxylation is 1. The highest BCUT2D eigenvalue weighted by Gasteiger charge is 2.26. The Kier molecular flexibility index (Phi) is 5.70. The molecule has 0 unspecified atom stereocenters. The Labute approximate surface area is 162 Å². The fourth-order valence-electron chi connectivity index (χ4n) is 3.37. The van der Waals surface area contributed by atoms with Crippen molar-refractivity contribution in [3.05, 3.63) is 46.2 Å². The molecule has 0 saturated carbocycles. The van der Waals surface area contributed by atoms with Gasteiger partial charge in [0, 0.05) is 18.1 Å². The van der Waals surface area contributed by atoms with Gasteiger partial charge in [0.1, 0.15) is 11.3 Å². The molecule has 1 aromatic carbocycles. The Hall–Kier alpha value is -2.54. The summed E-state index contributed by atoms with van der Waals surface area (Å²) in [4.78, 5) is 25.4. The van der Waals surface area contributed by atoms with Gasteiger partial charge in [-0.2, -0.15) is 5.10 Å². The number of hydrogen-bond donors (Lipinski definition) is 1. The molecule has 3 rings (SSSR count). The molecule has 7 nitrogen and oxygen atoms in total. The van der Waals surface area contributed by atoms with Crippen molar-refractivity contribution in [2.45, 2.75) is 32.7 Å². The van der Waals surface area contributed by atoms with Gasteiger partial charge < -0.3 is 14.7 Å². The van der Waals surface area contributed by atoms with E-state index in [0.717, 1.165) is 18.4 Å². The van der Waals surface area contributed by atoms with Crippen LogP contribution in [0.5, 0.6) is 5.75 Å². The van der Waals surface area contributed by atoms with Crippen LogP contribution in [0.15, 0.2) is 24.4 Å². The van der Waals surface area contributed by atoms with Gasteiger partial charge in [-0.05, 0) is 50.5 Å². The number of ether oxygens (including phenoxy) is 1. The molecule has 1 N–H and O–H groups in total. The second-order valence-corrected chi connectivity index (χ2v) is 7.14. The lowest BCUT2D eigenvalue weighted by atomic mass is 10.0. The molecule has 2 heterocycles. The minimum atomic E-state index is -0.971. The van der Waals surface area contributed by atoms with Crippen molar-refractivity contribution in [2.24, 2.45) is 0 Å². The standard InChI is InChI=1S/C19H22ClN3O4/c1-12-9-14(20)3-4-17(12)27-11-18(24)22-7-5-15(6-8-22)23-13(2)16(10-21-23)19(25)26/h3-4,9-10,15H,5-8,11H2,1-2H3,(H,25,26). The van der Waals surface area contributed by atoms with Crippen molar-refractivity contribution in [2.75, 3.05) is 19.7 Å². The number of carbonyl (C=O) groups excluding carboxylic acids is 1. The predicted molar refractivity (Wildman–Crippen MR) is 100 cm³/mol. The summed E-state index contributed by atoms with van der Waals surface area (Å²) in [5, 5.41) is 14.0. The van der Waals surface area contributed by atoms with E-state index in [9.17, 15) is 9.59 Å². The summed E-state index contributed by atoms with van der Waals surface area (Å²) in [6, 6.07) is 5.39. The molecule has 1 aliphatic heterocycles. The SMILES string of the molecule is Cc1cc(Cl)ccc1OCC(=O)N1CCC(n2ncc(C(=O)O)c2C)CC1. The molecule has 144 valence electrons. The molecule has 1 fully saturated rings. The van der Waals surface area contributed by atoms with Crippen molar-refractivity contribution < 1.29 is 19.4 Å². The molecular weight excluding hydrogens is 370 g/mol. The van der Waals surface area contributed by atoms with Crippen LogP contribution in [0.3, 0.4) is 0 Å². The topological polar surface area (TPSA) is 84.7 Å². The number of carboxylic acid groups (broad SMARTS) is 1. The van der Waals surface area contributed by atoms with Crippen LogP contribution in [-0.4, -0.2) is 51.4 Å². The van der Waals surface area contributed by atoms with Gasteiger partial charge in [0.25, 0.3) is 5.91 Å². The molecule has 27 heavy (non-hydrogen) atoms. The first-order valence-electron chi connectivity index (χ1n) is 8.81. The lowest BCUT2D eigenvalue weighted by Crippen LogP contribution is -2.41. The molecule has 2 aromatic rings. The van der Waals surface area contributed by atoms with Crippen LogP contribution < -0.4 is 4.74 Å². The van der Waals surface area contributed by atoms with Crippen molar-refractivity contribution in [1.82, 2.24) is 14.7 Å². The van der Waals surface area contributed by atoms with Gasteiger partial charge in [-0.3, -0.25) is 9.48 Å². The third-order valence-corrected chi connectivity index (χ3v) is 5.16. The van der Waals surface area contributed by atoms with E-state index in [-0.39, 0.29) is 24.1 Å². The first-order valence-corrected chi connectivity index (χ1v) is 9.18. The van der Waals surface area contributed by atoms with E-state index in [1.165, 1.54) is 6.20 Å². The number of aromatic carboxylic acids is 1. The third-order valence-electron chi connectivity index (χ3n) is 4.93. The number of hydrogen-bond acceptors (Lipinski definition) is 4. The lowest BCUT2D eigenvalue weighted by molar-refractivity contribution is -0.134. The maximum Gasteiger partial charge on any atom is 0.339 e. The normalized spacial score (nSPS) is 15.0. The van der Waals surface area contributed by atoms with Crippen LogP contribution in [0.1, 0.15) is 40.5 Å². The summed E-state index contributed by atoms with van der Waals surface area (Å²) >= 11 is 5.93. The van der Waals surface area contributed by atoms with E-state index < -0.39 is 5.97 Å². The Bertz CT molecular complexity index is 857. The number of nitrogens with zero attached hydrogens (tertiary/aromatic N) is 3. The van der Waals surface area contributed by atoms with Gasteiger partial charge in [0.05, 0.1) is 17.9 Å². The van der Waals surface area contributed by atoms with E-state index >= 15 is 0 Å². The van der Waals surface area contributed by atoms with Gasteiger partial charge in [0.15, 0.2) is 6.61 Å². The fraction of sp³-hybridized carbons (Fsp3) is 0.421. The van der Waals surface area contributed by atoms with Gasteiger partial charge >= 0.3 is 5.97 Å². The Morgan fingerprint density at radius 3 is 2.59 bits per heavy atom. The number of piperidine rings is 1. The van der Waals surface area contributed by atoms with E-state index in [1.807, 2.05) is 6.92 Å². The number of benzene rings is 1.